The average Bonchev–Trinajstić information content (AvgIpc) is 2.83. The maximum absolute atomic E-state index is 11.9. The maximum Gasteiger partial charge on any atom is 0.295 e. The number of nitrogens with two attached hydrogens (primary N) is 1. The molecule has 7 nitrogen and oxygen atoms in total. The summed E-state index contributed by atoms with van der Waals surface area (Å²) in [6, 6.07) is 6.84. The zero-order valence-corrected chi connectivity index (χ0v) is 12.2. The van der Waals surface area contributed by atoms with Crippen molar-refractivity contribution in [3.8, 4) is 0 Å². The Morgan fingerprint density at radius 3 is 2.52 bits per heavy atom. The van der Waals surface area contributed by atoms with Crippen molar-refractivity contribution in [2.24, 2.45) is 10.2 Å². The Hall–Kier alpha value is -2.61. The highest BCUT2D eigenvalue weighted by molar-refractivity contribution is 9.10. The minimum Gasteiger partial charge on any atom is -0.383 e. The molecule has 0 radical (unpaired) electrons. The van der Waals surface area contributed by atoms with E-state index < -0.39 is 5.91 Å². The summed E-state index contributed by atoms with van der Waals surface area (Å²) >= 11 is 3.30. The molecule has 104 valence electrons. The lowest BCUT2D eigenvalue weighted by Gasteiger charge is -1.94. The molecular formula is C13H9BrN6O. The topological polar surface area (TPSA) is 109 Å². The number of anilines is 1. The summed E-state index contributed by atoms with van der Waals surface area (Å²) in [5, 5.41) is 7.55. The maximum atomic E-state index is 11.9. The van der Waals surface area contributed by atoms with Crippen LogP contribution in [0.4, 0.5) is 11.6 Å². The Morgan fingerprint density at radius 1 is 1.14 bits per heavy atom. The van der Waals surface area contributed by atoms with Gasteiger partial charge in [0.1, 0.15) is 16.9 Å². The molecule has 21 heavy (non-hydrogen) atoms. The van der Waals surface area contributed by atoms with Crippen LogP contribution in [0.15, 0.2) is 51.4 Å². The lowest BCUT2D eigenvalue weighted by Crippen LogP contribution is -1.92. The van der Waals surface area contributed by atoms with Gasteiger partial charge in [-0.2, -0.15) is 0 Å². The van der Waals surface area contributed by atoms with Crippen LogP contribution in [0, 0.1) is 0 Å². The molecule has 2 aromatic heterocycles. The van der Waals surface area contributed by atoms with Crippen molar-refractivity contribution < 1.29 is 4.79 Å². The highest BCUT2D eigenvalue weighted by Crippen LogP contribution is 2.26. The Kier molecular flexibility index (Phi) is 3.44. The van der Waals surface area contributed by atoms with E-state index in [1.54, 1.807) is 24.3 Å². The molecule has 0 fully saturated rings. The number of azo groups is 1. The smallest absolute Gasteiger partial charge is 0.295 e. The second-order valence-corrected chi connectivity index (χ2v) is 5.07. The van der Waals surface area contributed by atoms with Gasteiger partial charge in [0.05, 0.1) is 0 Å². The highest BCUT2D eigenvalue weighted by Gasteiger charge is 2.10. The number of nitrogens with one attached hydrogen (secondary N) is 1. The standard InChI is InChI=1S/C13H9BrN6O/c14-8-3-1-7(2-4-8)13(21)20-19-12-10-9(11(15)18-12)16-5-6-17-10/h1-6,18H,15H2. The predicted molar refractivity (Wildman–Crippen MR) is 81.3 cm³/mol. The molecule has 0 aliphatic rings. The third-order valence-corrected chi connectivity index (χ3v) is 3.29. The van der Waals surface area contributed by atoms with Crippen LogP contribution in [0.1, 0.15) is 10.4 Å². The summed E-state index contributed by atoms with van der Waals surface area (Å²) in [6.07, 6.45) is 3.05. The van der Waals surface area contributed by atoms with Gasteiger partial charge in [-0.3, -0.25) is 4.79 Å². The molecule has 3 N–H and O–H groups in total. The van der Waals surface area contributed by atoms with Gasteiger partial charge in [0.2, 0.25) is 0 Å². The summed E-state index contributed by atoms with van der Waals surface area (Å²) in [4.78, 5) is 22.9. The van der Waals surface area contributed by atoms with Gasteiger partial charge in [-0.25, -0.2) is 9.97 Å². The lowest BCUT2D eigenvalue weighted by atomic mass is 10.2. The van der Waals surface area contributed by atoms with Gasteiger partial charge in [0.25, 0.3) is 5.91 Å². The highest BCUT2D eigenvalue weighted by atomic mass is 79.9. The third kappa shape index (κ3) is 2.65. The van der Waals surface area contributed by atoms with Crippen LogP contribution < -0.4 is 5.73 Å². The van der Waals surface area contributed by atoms with E-state index in [4.69, 9.17) is 5.73 Å². The number of carbonyl (C=O) groups excluding carboxylic acids is 1. The SMILES string of the molecule is Nc1[nH]c(N=NC(=O)c2ccc(Br)cc2)c2nccnc12. The number of nitrogen functional groups attached to an aromatic ring is 1. The van der Waals surface area contributed by atoms with E-state index in [0.717, 1.165) is 4.47 Å². The number of nitrogens with zero attached hydrogens (tertiary/aromatic N) is 4. The van der Waals surface area contributed by atoms with Crippen molar-refractivity contribution in [3.05, 3.63) is 46.7 Å². The summed E-state index contributed by atoms with van der Waals surface area (Å²) in [5.41, 5.74) is 7.18. The molecule has 0 saturated carbocycles. The van der Waals surface area contributed by atoms with Crippen LogP contribution in [0.25, 0.3) is 11.0 Å². The number of rotatable bonds is 2. The number of aromatic nitrogens is 3. The number of carbonyl (C=O) groups is 1. The summed E-state index contributed by atoms with van der Waals surface area (Å²) < 4.78 is 0.884. The second kappa shape index (κ2) is 5.41. The molecule has 1 amide bonds. The van der Waals surface area contributed by atoms with Crippen molar-refractivity contribution in [2.45, 2.75) is 0 Å². The number of benzene rings is 1. The lowest BCUT2D eigenvalue weighted by molar-refractivity contribution is 0.0995. The van der Waals surface area contributed by atoms with Crippen molar-refractivity contribution in [1.82, 2.24) is 15.0 Å². The molecule has 3 rings (SSSR count). The molecule has 0 aliphatic heterocycles. The van der Waals surface area contributed by atoms with Crippen LogP contribution in [0.2, 0.25) is 0 Å². The summed E-state index contributed by atoms with van der Waals surface area (Å²) in [7, 11) is 0. The number of halogens is 1. The third-order valence-electron chi connectivity index (χ3n) is 2.76. The van der Waals surface area contributed by atoms with Gasteiger partial charge < -0.3 is 10.7 Å². The van der Waals surface area contributed by atoms with Crippen molar-refractivity contribution in [1.29, 1.82) is 0 Å². The van der Waals surface area contributed by atoms with E-state index in [9.17, 15) is 4.79 Å². The minimum atomic E-state index is -0.451. The molecule has 0 atom stereocenters. The number of H-pyrrole nitrogens is 1. The van der Waals surface area contributed by atoms with Crippen LogP contribution in [0.5, 0.6) is 0 Å². The minimum absolute atomic E-state index is 0.307. The monoisotopic (exact) mass is 344 g/mol. The largest absolute Gasteiger partial charge is 0.383 e. The number of fused-ring (bicyclic) bond motifs is 1. The predicted octanol–water partition coefficient (Wildman–Crippen LogP) is 3.23. The van der Waals surface area contributed by atoms with Gasteiger partial charge in [0, 0.05) is 22.4 Å². The zero-order valence-electron chi connectivity index (χ0n) is 10.6. The molecule has 0 aliphatic carbocycles. The van der Waals surface area contributed by atoms with Crippen LogP contribution in [-0.4, -0.2) is 20.9 Å². The summed E-state index contributed by atoms with van der Waals surface area (Å²) in [5.74, 6) is 0.192. The number of aromatic amines is 1. The molecule has 2 heterocycles. The van der Waals surface area contributed by atoms with E-state index in [0.29, 0.717) is 28.2 Å². The molecule has 1 aromatic carbocycles. The Morgan fingerprint density at radius 2 is 1.81 bits per heavy atom. The molecular weight excluding hydrogens is 336 g/mol. The van der Waals surface area contributed by atoms with Gasteiger partial charge in [0.15, 0.2) is 5.82 Å². The number of amides is 1. The molecule has 3 aromatic rings. The van der Waals surface area contributed by atoms with E-state index in [1.165, 1.54) is 12.4 Å². The van der Waals surface area contributed by atoms with E-state index in [1.807, 2.05) is 0 Å². The van der Waals surface area contributed by atoms with Crippen molar-refractivity contribution >= 4 is 44.5 Å². The quantitative estimate of drug-likeness (QED) is 0.695. The fourth-order valence-electron chi connectivity index (χ4n) is 1.77. The second-order valence-electron chi connectivity index (χ2n) is 4.15. The molecule has 0 bridgehead atoms. The Bertz CT molecular complexity index is 839. The Labute approximate surface area is 127 Å². The van der Waals surface area contributed by atoms with E-state index >= 15 is 0 Å². The molecule has 0 spiro atoms. The first-order valence-corrected chi connectivity index (χ1v) is 6.74. The van der Waals surface area contributed by atoms with Gasteiger partial charge in [-0.05, 0) is 24.3 Å². The van der Waals surface area contributed by atoms with Gasteiger partial charge in [-0.1, -0.05) is 15.9 Å². The fraction of sp³-hybridized carbons (Fsp3) is 0. The van der Waals surface area contributed by atoms with Crippen LogP contribution in [0.3, 0.4) is 0 Å². The van der Waals surface area contributed by atoms with Crippen LogP contribution >= 0.6 is 15.9 Å². The van der Waals surface area contributed by atoms with Gasteiger partial charge in [-0.15, -0.1) is 10.2 Å². The molecule has 0 unspecified atom stereocenters. The van der Waals surface area contributed by atoms with Gasteiger partial charge >= 0.3 is 0 Å². The first-order chi connectivity index (χ1) is 10.1. The van der Waals surface area contributed by atoms with E-state index in [-0.39, 0.29) is 0 Å². The zero-order chi connectivity index (χ0) is 14.8. The van der Waals surface area contributed by atoms with Crippen LogP contribution in [-0.2, 0) is 0 Å². The summed E-state index contributed by atoms with van der Waals surface area (Å²) in [6.45, 7) is 0. The van der Waals surface area contributed by atoms with E-state index in [2.05, 4.69) is 41.1 Å². The normalized spacial score (nSPS) is 11.3. The number of hydrogen-bond donors (Lipinski definition) is 2. The molecule has 8 heteroatoms. The first-order valence-electron chi connectivity index (χ1n) is 5.95. The Balaban J connectivity index is 1.91. The molecule has 0 saturated heterocycles. The number of hydrogen-bond acceptors (Lipinski definition) is 5. The first kappa shape index (κ1) is 13.4. The average molecular weight is 345 g/mol. The van der Waals surface area contributed by atoms with Crippen molar-refractivity contribution in [3.63, 3.8) is 0 Å². The fourth-order valence-corrected chi connectivity index (χ4v) is 2.04. The van der Waals surface area contributed by atoms with Crippen molar-refractivity contribution in [2.75, 3.05) is 5.73 Å².